The summed E-state index contributed by atoms with van der Waals surface area (Å²) in [5.74, 6) is -0.379. The molecule has 3 rings (SSSR count). The molecule has 4 heteroatoms. The molecule has 0 spiro atoms. The van der Waals surface area contributed by atoms with Crippen LogP contribution in [0.1, 0.15) is 23.2 Å². The number of benzene rings is 3. The third kappa shape index (κ3) is 4.03. The monoisotopic (exact) mass is 337 g/mol. The van der Waals surface area contributed by atoms with Crippen LogP contribution in [-0.2, 0) is 0 Å². The lowest BCUT2D eigenvalue weighted by molar-refractivity contribution is 0.0952. The highest BCUT2D eigenvalue weighted by Gasteiger charge is 2.09. The highest BCUT2D eigenvalue weighted by atomic mass is 19.1. The predicted molar refractivity (Wildman–Crippen MR) is 98.0 cm³/mol. The lowest BCUT2D eigenvalue weighted by Gasteiger charge is -2.09. The summed E-state index contributed by atoms with van der Waals surface area (Å²) in [5, 5.41) is 13.6. The standard InChI is InChI=1S/C21H20FNO2/c22-18-9-6-15(7-10-18)19-5-3-4-16-14-17(8-11-20(16)19)21(25)23-12-1-2-13-24/h3-11,14,24H,1-2,12-13H2,(H,23,25). The molecule has 25 heavy (non-hydrogen) atoms. The Morgan fingerprint density at radius 3 is 2.56 bits per heavy atom. The SMILES string of the molecule is O=C(NCCCCO)c1ccc2c(-c3ccc(F)cc3)cccc2c1. The van der Waals surface area contributed by atoms with E-state index in [-0.39, 0.29) is 18.3 Å². The Hall–Kier alpha value is -2.72. The number of carbonyl (C=O) groups is 1. The van der Waals surface area contributed by atoms with Gasteiger partial charge in [-0.3, -0.25) is 4.79 Å². The van der Waals surface area contributed by atoms with Crippen molar-refractivity contribution in [2.24, 2.45) is 0 Å². The van der Waals surface area contributed by atoms with E-state index in [1.165, 1.54) is 12.1 Å². The molecule has 0 aliphatic carbocycles. The third-order valence-electron chi connectivity index (χ3n) is 4.17. The van der Waals surface area contributed by atoms with Gasteiger partial charge >= 0.3 is 0 Å². The molecule has 0 bridgehead atoms. The van der Waals surface area contributed by atoms with Gasteiger partial charge in [0, 0.05) is 18.7 Å². The molecule has 0 unspecified atom stereocenters. The Bertz CT molecular complexity index is 875. The molecule has 0 fully saturated rings. The number of unbranched alkanes of at least 4 members (excludes halogenated alkanes) is 1. The molecule has 0 radical (unpaired) electrons. The number of hydrogen-bond acceptors (Lipinski definition) is 2. The fourth-order valence-corrected chi connectivity index (χ4v) is 2.85. The highest BCUT2D eigenvalue weighted by molar-refractivity contribution is 6.02. The van der Waals surface area contributed by atoms with Crippen LogP contribution in [0.4, 0.5) is 4.39 Å². The Morgan fingerprint density at radius 2 is 1.80 bits per heavy atom. The summed E-state index contributed by atoms with van der Waals surface area (Å²) in [6, 6.07) is 17.9. The number of rotatable bonds is 6. The van der Waals surface area contributed by atoms with Crippen molar-refractivity contribution in [2.75, 3.05) is 13.2 Å². The number of halogens is 1. The number of hydrogen-bond donors (Lipinski definition) is 2. The molecule has 128 valence electrons. The van der Waals surface area contributed by atoms with E-state index >= 15 is 0 Å². The van der Waals surface area contributed by atoms with Crippen molar-refractivity contribution in [3.8, 4) is 11.1 Å². The lowest BCUT2D eigenvalue weighted by atomic mass is 9.97. The predicted octanol–water partition coefficient (Wildman–Crippen LogP) is 4.15. The highest BCUT2D eigenvalue weighted by Crippen LogP contribution is 2.29. The van der Waals surface area contributed by atoms with Crippen molar-refractivity contribution in [2.45, 2.75) is 12.8 Å². The quantitative estimate of drug-likeness (QED) is 0.664. The molecule has 2 N–H and O–H groups in total. The average molecular weight is 337 g/mol. The van der Waals surface area contributed by atoms with Crippen LogP contribution in [0.25, 0.3) is 21.9 Å². The van der Waals surface area contributed by atoms with Gasteiger partial charge in [0.2, 0.25) is 0 Å². The van der Waals surface area contributed by atoms with E-state index in [0.29, 0.717) is 18.5 Å². The van der Waals surface area contributed by atoms with Gasteiger partial charge in [-0.15, -0.1) is 0 Å². The first kappa shape index (κ1) is 17.1. The molecular formula is C21H20FNO2. The summed E-state index contributed by atoms with van der Waals surface area (Å²) in [6.45, 7) is 0.686. The van der Waals surface area contributed by atoms with Gasteiger partial charge < -0.3 is 10.4 Å². The maximum Gasteiger partial charge on any atom is 0.251 e. The van der Waals surface area contributed by atoms with Crippen LogP contribution in [-0.4, -0.2) is 24.2 Å². The number of carbonyl (C=O) groups excluding carboxylic acids is 1. The van der Waals surface area contributed by atoms with E-state index in [0.717, 1.165) is 28.3 Å². The van der Waals surface area contributed by atoms with Crippen LogP contribution in [0.2, 0.25) is 0 Å². The largest absolute Gasteiger partial charge is 0.396 e. The Balaban J connectivity index is 1.87. The summed E-state index contributed by atoms with van der Waals surface area (Å²) in [7, 11) is 0. The van der Waals surface area contributed by atoms with Crippen molar-refractivity contribution in [1.82, 2.24) is 5.32 Å². The maximum absolute atomic E-state index is 13.1. The minimum Gasteiger partial charge on any atom is -0.396 e. The summed E-state index contributed by atoms with van der Waals surface area (Å²) >= 11 is 0. The normalized spacial score (nSPS) is 10.8. The van der Waals surface area contributed by atoms with Crippen LogP contribution in [0, 0.1) is 5.82 Å². The summed E-state index contributed by atoms with van der Waals surface area (Å²) < 4.78 is 13.1. The Labute approximate surface area is 146 Å². The molecule has 0 aliphatic rings. The van der Waals surface area contributed by atoms with Crippen molar-refractivity contribution in [3.63, 3.8) is 0 Å². The Kier molecular flexibility index (Phi) is 5.41. The second-order valence-corrected chi connectivity index (χ2v) is 5.93. The second-order valence-electron chi connectivity index (χ2n) is 5.93. The molecule has 3 nitrogen and oxygen atoms in total. The minimum atomic E-state index is -0.260. The average Bonchev–Trinajstić information content (AvgIpc) is 2.65. The smallest absolute Gasteiger partial charge is 0.251 e. The van der Waals surface area contributed by atoms with E-state index in [4.69, 9.17) is 5.11 Å². The molecule has 0 aliphatic heterocycles. The van der Waals surface area contributed by atoms with Gasteiger partial charge in [0.15, 0.2) is 0 Å². The lowest BCUT2D eigenvalue weighted by Crippen LogP contribution is -2.24. The molecule has 0 atom stereocenters. The van der Waals surface area contributed by atoms with Crippen LogP contribution >= 0.6 is 0 Å². The zero-order valence-corrected chi connectivity index (χ0v) is 13.8. The molecular weight excluding hydrogens is 317 g/mol. The summed E-state index contributed by atoms with van der Waals surface area (Å²) in [5.41, 5.74) is 2.55. The first-order valence-electron chi connectivity index (χ1n) is 8.37. The van der Waals surface area contributed by atoms with E-state index in [1.807, 2.05) is 30.3 Å². The van der Waals surface area contributed by atoms with Crippen LogP contribution in [0.3, 0.4) is 0 Å². The zero-order valence-electron chi connectivity index (χ0n) is 13.8. The van der Waals surface area contributed by atoms with Crippen molar-refractivity contribution < 1.29 is 14.3 Å². The molecule has 0 aromatic heterocycles. The molecule has 0 saturated carbocycles. The minimum absolute atomic E-state index is 0.118. The zero-order chi connectivity index (χ0) is 17.6. The number of aliphatic hydroxyl groups is 1. The first-order chi connectivity index (χ1) is 12.2. The summed E-state index contributed by atoms with van der Waals surface area (Å²) in [4.78, 5) is 12.2. The second kappa shape index (κ2) is 7.90. The number of nitrogens with one attached hydrogen (secondary N) is 1. The van der Waals surface area contributed by atoms with E-state index < -0.39 is 0 Å². The van der Waals surface area contributed by atoms with Gasteiger partial charge in [-0.2, -0.15) is 0 Å². The van der Waals surface area contributed by atoms with Gasteiger partial charge in [0.05, 0.1) is 0 Å². The van der Waals surface area contributed by atoms with Crippen LogP contribution < -0.4 is 5.32 Å². The summed E-state index contributed by atoms with van der Waals surface area (Å²) in [6.07, 6.45) is 1.43. The number of fused-ring (bicyclic) bond motifs is 1. The van der Waals surface area contributed by atoms with Crippen LogP contribution in [0.15, 0.2) is 60.7 Å². The van der Waals surface area contributed by atoms with E-state index in [2.05, 4.69) is 5.32 Å². The van der Waals surface area contributed by atoms with Crippen molar-refractivity contribution in [1.29, 1.82) is 0 Å². The van der Waals surface area contributed by atoms with Crippen molar-refractivity contribution in [3.05, 3.63) is 72.0 Å². The van der Waals surface area contributed by atoms with Gasteiger partial charge in [-0.25, -0.2) is 4.39 Å². The number of amides is 1. The third-order valence-corrected chi connectivity index (χ3v) is 4.17. The molecule has 0 saturated heterocycles. The fourth-order valence-electron chi connectivity index (χ4n) is 2.85. The van der Waals surface area contributed by atoms with Gasteiger partial charge in [0.1, 0.15) is 5.82 Å². The van der Waals surface area contributed by atoms with Crippen LogP contribution in [0.5, 0.6) is 0 Å². The van der Waals surface area contributed by atoms with Gasteiger partial charge in [0.25, 0.3) is 5.91 Å². The molecule has 3 aromatic carbocycles. The van der Waals surface area contributed by atoms with E-state index in [1.54, 1.807) is 18.2 Å². The maximum atomic E-state index is 13.1. The number of aliphatic hydroxyl groups excluding tert-OH is 1. The molecule has 3 aromatic rings. The van der Waals surface area contributed by atoms with E-state index in [9.17, 15) is 9.18 Å². The topological polar surface area (TPSA) is 49.3 Å². The van der Waals surface area contributed by atoms with Gasteiger partial charge in [-0.1, -0.05) is 36.4 Å². The molecule has 1 amide bonds. The van der Waals surface area contributed by atoms with Gasteiger partial charge in [-0.05, 0) is 59.0 Å². The van der Waals surface area contributed by atoms with Crippen molar-refractivity contribution >= 4 is 16.7 Å². The Morgan fingerprint density at radius 1 is 1.00 bits per heavy atom. The molecule has 0 heterocycles. The fraction of sp³-hybridized carbons (Fsp3) is 0.190. The first-order valence-corrected chi connectivity index (χ1v) is 8.37.